The summed E-state index contributed by atoms with van der Waals surface area (Å²) in [5.41, 5.74) is 1.78. The predicted octanol–water partition coefficient (Wildman–Crippen LogP) is 3.04. The van der Waals surface area contributed by atoms with Crippen molar-refractivity contribution in [2.75, 3.05) is 18.6 Å². The van der Waals surface area contributed by atoms with Gasteiger partial charge in [-0.1, -0.05) is 42.1 Å². The van der Waals surface area contributed by atoms with Gasteiger partial charge in [0.25, 0.3) is 5.91 Å². The van der Waals surface area contributed by atoms with Crippen LogP contribution >= 0.6 is 11.8 Å². The number of thioether (sulfide) groups is 1. The summed E-state index contributed by atoms with van der Waals surface area (Å²) in [6, 6.07) is 17.7. The van der Waals surface area contributed by atoms with Crippen molar-refractivity contribution in [2.45, 2.75) is 18.6 Å². The van der Waals surface area contributed by atoms with Crippen molar-refractivity contribution in [2.24, 2.45) is 0 Å². The van der Waals surface area contributed by atoms with Crippen LogP contribution in [0.3, 0.4) is 0 Å². The van der Waals surface area contributed by atoms with Crippen LogP contribution in [0.2, 0.25) is 0 Å². The molecule has 1 atom stereocenters. The van der Waals surface area contributed by atoms with E-state index in [-0.39, 0.29) is 11.5 Å². The number of nitrogens with zero attached hydrogens (tertiary/aromatic N) is 2. The fourth-order valence-electron chi connectivity index (χ4n) is 3.13. The normalized spacial score (nSPS) is 17.1. The number of rotatable bonds is 6. The lowest BCUT2D eigenvalue weighted by atomic mass is 10.1. The first-order valence-electron chi connectivity index (χ1n) is 9.68. The van der Waals surface area contributed by atoms with E-state index < -0.39 is 17.1 Å². The van der Waals surface area contributed by atoms with E-state index in [9.17, 15) is 19.6 Å². The van der Waals surface area contributed by atoms with Gasteiger partial charge in [0.05, 0.1) is 17.4 Å². The number of esters is 1. The number of carbonyl (C=O) groups is 3. The van der Waals surface area contributed by atoms with Gasteiger partial charge in [-0.2, -0.15) is 5.26 Å². The lowest BCUT2D eigenvalue weighted by Gasteiger charge is -2.18. The summed E-state index contributed by atoms with van der Waals surface area (Å²) in [6.45, 7) is 2.04. The molecular weight excluding hydrogens is 414 g/mol. The number of anilines is 1. The van der Waals surface area contributed by atoms with Crippen LogP contribution in [-0.2, 0) is 20.7 Å². The fourth-order valence-corrected chi connectivity index (χ4v) is 4.44. The molecule has 1 N–H and O–H groups in total. The molecule has 3 rings (SSSR count). The Bertz CT molecular complexity index is 1060. The van der Waals surface area contributed by atoms with Gasteiger partial charge in [0.1, 0.15) is 16.7 Å². The number of ether oxygens (including phenoxy) is 1. The fraction of sp³-hybridized carbons (Fsp3) is 0.217. The van der Waals surface area contributed by atoms with Gasteiger partial charge in [-0.05, 0) is 43.2 Å². The summed E-state index contributed by atoms with van der Waals surface area (Å²) in [6.07, 6.45) is 0.381. The van der Waals surface area contributed by atoms with E-state index >= 15 is 0 Å². The maximum atomic E-state index is 13.3. The minimum absolute atomic E-state index is 0.107. The van der Waals surface area contributed by atoms with Crippen molar-refractivity contribution >= 4 is 35.2 Å². The Morgan fingerprint density at radius 3 is 2.42 bits per heavy atom. The van der Waals surface area contributed by atoms with Crippen molar-refractivity contribution in [3.8, 4) is 6.07 Å². The molecule has 0 saturated carbocycles. The van der Waals surface area contributed by atoms with Gasteiger partial charge < -0.3 is 10.1 Å². The zero-order valence-electron chi connectivity index (χ0n) is 17.1. The molecule has 7 nitrogen and oxygen atoms in total. The Morgan fingerprint density at radius 1 is 1.16 bits per heavy atom. The summed E-state index contributed by atoms with van der Waals surface area (Å²) in [7, 11) is 1.44. The molecule has 1 aliphatic rings. The maximum absolute atomic E-state index is 13.3. The van der Waals surface area contributed by atoms with Gasteiger partial charge in [-0.15, -0.1) is 0 Å². The Kier molecular flexibility index (Phi) is 7.11. The average molecular weight is 436 g/mol. The van der Waals surface area contributed by atoms with Crippen LogP contribution in [0.15, 0.2) is 65.2 Å². The number of benzene rings is 2. The van der Waals surface area contributed by atoms with Gasteiger partial charge in [0.15, 0.2) is 0 Å². The quantitative estimate of drug-likeness (QED) is 0.425. The van der Waals surface area contributed by atoms with E-state index in [0.717, 1.165) is 5.56 Å². The highest BCUT2D eigenvalue weighted by Crippen LogP contribution is 2.41. The second kappa shape index (κ2) is 9.96. The molecule has 158 valence electrons. The number of amides is 2. The van der Waals surface area contributed by atoms with E-state index in [1.54, 1.807) is 55.5 Å². The Morgan fingerprint density at radius 2 is 1.84 bits per heavy atom. The zero-order chi connectivity index (χ0) is 22.4. The van der Waals surface area contributed by atoms with Crippen molar-refractivity contribution in [3.05, 3.63) is 76.3 Å². The highest BCUT2D eigenvalue weighted by molar-refractivity contribution is 8.05. The Hall–Kier alpha value is -3.57. The molecule has 2 amide bonds. The van der Waals surface area contributed by atoms with Crippen molar-refractivity contribution < 1.29 is 19.1 Å². The number of nitrogens with one attached hydrogen (secondary N) is 1. The van der Waals surface area contributed by atoms with E-state index in [4.69, 9.17) is 4.74 Å². The minimum Gasteiger partial charge on any atom is -0.462 e. The molecule has 8 heteroatoms. The molecule has 0 bridgehead atoms. The molecule has 2 aromatic rings. The second-order valence-corrected chi connectivity index (χ2v) is 7.80. The van der Waals surface area contributed by atoms with Crippen LogP contribution in [0.5, 0.6) is 0 Å². The lowest BCUT2D eigenvalue weighted by molar-refractivity contribution is -0.117. The number of para-hydroxylation sites is 1. The van der Waals surface area contributed by atoms with Crippen LogP contribution in [0, 0.1) is 11.3 Å². The number of likely N-dealkylation sites (N-methyl/N-ethyl adjacent to an activating group) is 1. The standard InChI is InChI=1S/C23H21N3O4S/c1-3-30-23(29)16-11-9-15(10-12-16)13-19-21(28)26(17-7-5-4-6-8-17)22(31-19)18(14-24)20(27)25-2/h4-12,19H,3,13H2,1-2H3,(H,25,27). The summed E-state index contributed by atoms with van der Waals surface area (Å²) in [4.78, 5) is 38.8. The third kappa shape index (κ3) is 4.78. The first-order valence-corrected chi connectivity index (χ1v) is 10.6. The van der Waals surface area contributed by atoms with Gasteiger partial charge >= 0.3 is 5.97 Å². The summed E-state index contributed by atoms with van der Waals surface area (Å²) in [5, 5.41) is 11.8. The highest BCUT2D eigenvalue weighted by atomic mass is 32.2. The first kappa shape index (κ1) is 22.1. The third-order valence-corrected chi connectivity index (χ3v) is 5.90. The highest BCUT2D eigenvalue weighted by Gasteiger charge is 2.40. The zero-order valence-corrected chi connectivity index (χ0v) is 17.9. The topological polar surface area (TPSA) is 99.5 Å². The summed E-state index contributed by atoms with van der Waals surface area (Å²) < 4.78 is 4.99. The molecule has 0 aliphatic carbocycles. The van der Waals surface area contributed by atoms with Crippen molar-refractivity contribution in [3.63, 3.8) is 0 Å². The van der Waals surface area contributed by atoms with Gasteiger partial charge in [-0.3, -0.25) is 14.5 Å². The molecule has 31 heavy (non-hydrogen) atoms. The second-order valence-electron chi connectivity index (χ2n) is 6.61. The summed E-state index contributed by atoms with van der Waals surface area (Å²) >= 11 is 1.19. The number of carbonyl (C=O) groups excluding carboxylic acids is 3. The molecule has 1 unspecified atom stereocenters. The Labute approximate surface area is 184 Å². The lowest BCUT2D eigenvalue weighted by Crippen LogP contribution is -2.31. The molecule has 1 fully saturated rings. The average Bonchev–Trinajstić information content (AvgIpc) is 3.10. The molecular formula is C23H21N3O4S. The smallest absolute Gasteiger partial charge is 0.338 e. The van der Waals surface area contributed by atoms with E-state index in [1.165, 1.54) is 23.7 Å². The van der Waals surface area contributed by atoms with Crippen LogP contribution in [0.1, 0.15) is 22.8 Å². The third-order valence-electron chi connectivity index (χ3n) is 4.63. The number of hydrogen-bond acceptors (Lipinski definition) is 6. The molecule has 2 aromatic carbocycles. The SMILES string of the molecule is CCOC(=O)c1ccc(CC2SC(=C(C#N)C(=O)NC)N(c3ccccc3)C2=O)cc1. The largest absolute Gasteiger partial charge is 0.462 e. The molecule has 0 spiro atoms. The van der Waals surface area contributed by atoms with Crippen molar-refractivity contribution in [1.82, 2.24) is 5.32 Å². The molecule has 0 aromatic heterocycles. The molecule has 1 saturated heterocycles. The van der Waals surface area contributed by atoms with Gasteiger partial charge in [-0.25, -0.2) is 4.79 Å². The first-order chi connectivity index (χ1) is 15.0. The molecule has 1 heterocycles. The summed E-state index contributed by atoms with van der Waals surface area (Å²) in [5.74, 6) is -1.15. The van der Waals surface area contributed by atoms with Crippen LogP contribution in [0.4, 0.5) is 5.69 Å². The predicted molar refractivity (Wildman–Crippen MR) is 118 cm³/mol. The van der Waals surface area contributed by atoms with Gasteiger partial charge in [0, 0.05) is 12.7 Å². The maximum Gasteiger partial charge on any atom is 0.338 e. The van der Waals surface area contributed by atoms with E-state index in [1.807, 2.05) is 12.1 Å². The van der Waals surface area contributed by atoms with Crippen LogP contribution in [0.25, 0.3) is 0 Å². The molecule has 0 radical (unpaired) electrons. The van der Waals surface area contributed by atoms with E-state index in [2.05, 4.69) is 5.32 Å². The van der Waals surface area contributed by atoms with Crippen LogP contribution < -0.4 is 10.2 Å². The van der Waals surface area contributed by atoms with Crippen LogP contribution in [-0.4, -0.2) is 36.7 Å². The van der Waals surface area contributed by atoms with Crippen molar-refractivity contribution in [1.29, 1.82) is 5.26 Å². The monoisotopic (exact) mass is 435 g/mol. The molecule has 1 aliphatic heterocycles. The van der Waals surface area contributed by atoms with Gasteiger partial charge in [0.2, 0.25) is 5.91 Å². The number of nitriles is 1. The number of hydrogen-bond donors (Lipinski definition) is 1. The minimum atomic E-state index is -0.543. The van der Waals surface area contributed by atoms with E-state index in [0.29, 0.717) is 29.3 Å². The Balaban J connectivity index is 1.92.